The lowest BCUT2D eigenvalue weighted by atomic mass is 10.1. The molecule has 0 aromatic heterocycles. The Morgan fingerprint density at radius 1 is 1.29 bits per heavy atom. The van der Waals surface area contributed by atoms with Crippen LogP contribution in [0, 0.1) is 0 Å². The molecule has 98 valence electrons. The fourth-order valence-corrected chi connectivity index (χ4v) is 2.20. The van der Waals surface area contributed by atoms with Gasteiger partial charge in [0.2, 0.25) is 5.91 Å². The summed E-state index contributed by atoms with van der Waals surface area (Å²) in [4.78, 5) is 11.5. The summed E-state index contributed by atoms with van der Waals surface area (Å²) in [6.07, 6.45) is 12.1. The van der Waals surface area contributed by atoms with E-state index in [0.29, 0.717) is 6.42 Å². The number of nitrogens with two attached hydrogens (primary N) is 1. The van der Waals surface area contributed by atoms with Crippen LogP contribution in [0.2, 0.25) is 0 Å². The first-order chi connectivity index (χ1) is 8.33. The number of amides is 1. The maximum absolute atomic E-state index is 11.5. The molecule has 0 fully saturated rings. The largest absolute Gasteiger partial charge is 0.356 e. The van der Waals surface area contributed by atoms with Gasteiger partial charge in [-0.25, -0.2) is 0 Å². The summed E-state index contributed by atoms with van der Waals surface area (Å²) in [5.74, 6) is 0.205. The molecular formula is C14H26N2O. The van der Waals surface area contributed by atoms with Crippen LogP contribution in [0.4, 0.5) is 0 Å². The normalized spacial score (nSPS) is 14.8. The highest BCUT2D eigenvalue weighted by Gasteiger charge is 2.05. The molecule has 0 atom stereocenters. The fourth-order valence-electron chi connectivity index (χ4n) is 2.20. The van der Waals surface area contributed by atoms with Gasteiger partial charge in [-0.15, -0.1) is 0 Å². The SMILES string of the molecule is NCCCCCCC(=O)NCCC1=CCCC1. The van der Waals surface area contributed by atoms with Crippen molar-refractivity contribution < 1.29 is 4.79 Å². The second-order valence-corrected chi connectivity index (χ2v) is 4.81. The molecule has 0 spiro atoms. The Bertz CT molecular complexity index is 249. The van der Waals surface area contributed by atoms with E-state index in [9.17, 15) is 4.79 Å². The van der Waals surface area contributed by atoms with Crippen molar-refractivity contribution in [2.75, 3.05) is 13.1 Å². The van der Waals surface area contributed by atoms with Crippen LogP contribution in [0.15, 0.2) is 11.6 Å². The third kappa shape index (κ3) is 7.16. The molecule has 0 saturated carbocycles. The highest BCUT2D eigenvalue weighted by atomic mass is 16.1. The zero-order chi connectivity index (χ0) is 12.3. The van der Waals surface area contributed by atoms with Crippen LogP contribution in [0.25, 0.3) is 0 Å². The van der Waals surface area contributed by atoms with Crippen LogP contribution >= 0.6 is 0 Å². The molecule has 3 N–H and O–H groups in total. The first-order valence-corrected chi connectivity index (χ1v) is 6.97. The van der Waals surface area contributed by atoms with E-state index in [1.165, 1.54) is 24.8 Å². The zero-order valence-corrected chi connectivity index (χ0v) is 10.8. The second-order valence-electron chi connectivity index (χ2n) is 4.81. The van der Waals surface area contributed by atoms with Crippen molar-refractivity contribution in [3.05, 3.63) is 11.6 Å². The van der Waals surface area contributed by atoms with Gasteiger partial charge in [-0.3, -0.25) is 4.79 Å². The molecule has 0 heterocycles. The number of hydrogen-bond acceptors (Lipinski definition) is 2. The van der Waals surface area contributed by atoms with Crippen molar-refractivity contribution in [2.45, 2.75) is 57.8 Å². The third-order valence-corrected chi connectivity index (χ3v) is 3.26. The molecule has 0 radical (unpaired) electrons. The molecule has 1 aliphatic carbocycles. The molecule has 1 rings (SSSR count). The third-order valence-electron chi connectivity index (χ3n) is 3.26. The minimum absolute atomic E-state index is 0.205. The summed E-state index contributed by atoms with van der Waals surface area (Å²) >= 11 is 0. The predicted molar refractivity (Wildman–Crippen MR) is 71.7 cm³/mol. The minimum atomic E-state index is 0.205. The van der Waals surface area contributed by atoms with E-state index in [4.69, 9.17) is 5.73 Å². The monoisotopic (exact) mass is 238 g/mol. The number of allylic oxidation sites excluding steroid dienone is 1. The average Bonchev–Trinajstić information content (AvgIpc) is 2.82. The number of hydrogen-bond donors (Lipinski definition) is 2. The highest BCUT2D eigenvalue weighted by molar-refractivity contribution is 5.75. The second kappa shape index (κ2) is 9.23. The Balaban J connectivity index is 1.90. The van der Waals surface area contributed by atoms with E-state index in [2.05, 4.69) is 11.4 Å². The molecule has 1 amide bonds. The molecular weight excluding hydrogens is 212 g/mol. The predicted octanol–water partition coefficient (Wildman–Crippen LogP) is 2.51. The Labute approximate surface area is 105 Å². The van der Waals surface area contributed by atoms with Crippen LogP contribution in [0.3, 0.4) is 0 Å². The van der Waals surface area contributed by atoms with Gasteiger partial charge in [-0.05, 0) is 45.1 Å². The minimum Gasteiger partial charge on any atom is -0.356 e. The number of rotatable bonds is 9. The molecule has 3 nitrogen and oxygen atoms in total. The van der Waals surface area contributed by atoms with Gasteiger partial charge in [0, 0.05) is 13.0 Å². The van der Waals surface area contributed by atoms with E-state index >= 15 is 0 Å². The summed E-state index contributed by atoms with van der Waals surface area (Å²) in [5, 5.41) is 3.00. The summed E-state index contributed by atoms with van der Waals surface area (Å²) in [6.45, 7) is 1.58. The molecule has 17 heavy (non-hydrogen) atoms. The zero-order valence-electron chi connectivity index (χ0n) is 10.8. The van der Waals surface area contributed by atoms with E-state index in [1.807, 2.05) is 0 Å². The summed E-state index contributed by atoms with van der Waals surface area (Å²) in [7, 11) is 0. The van der Waals surface area contributed by atoms with Gasteiger partial charge in [0.05, 0.1) is 0 Å². The number of carbonyl (C=O) groups is 1. The van der Waals surface area contributed by atoms with Crippen molar-refractivity contribution in [3.63, 3.8) is 0 Å². The number of carbonyl (C=O) groups excluding carboxylic acids is 1. The molecule has 0 unspecified atom stereocenters. The number of nitrogens with one attached hydrogen (secondary N) is 1. The molecule has 0 aromatic rings. The number of unbranched alkanes of at least 4 members (excludes halogenated alkanes) is 3. The highest BCUT2D eigenvalue weighted by Crippen LogP contribution is 2.19. The van der Waals surface area contributed by atoms with E-state index in [0.717, 1.165) is 45.2 Å². The van der Waals surface area contributed by atoms with Crippen molar-refractivity contribution in [2.24, 2.45) is 5.73 Å². The fraction of sp³-hybridized carbons (Fsp3) is 0.786. The van der Waals surface area contributed by atoms with Gasteiger partial charge in [0.15, 0.2) is 0 Å². The van der Waals surface area contributed by atoms with Crippen LogP contribution in [-0.4, -0.2) is 19.0 Å². The molecule has 0 bridgehead atoms. The van der Waals surface area contributed by atoms with E-state index in [-0.39, 0.29) is 5.91 Å². The average molecular weight is 238 g/mol. The van der Waals surface area contributed by atoms with Gasteiger partial charge in [-0.2, -0.15) is 0 Å². The van der Waals surface area contributed by atoms with E-state index in [1.54, 1.807) is 0 Å². The Kier molecular flexibility index (Phi) is 7.72. The van der Waals surface area contributed by atoms with Gasteiger partial charge < -0.3 is 11.1 Å². The van der Waals surface area contributed by atoms with Crippen molar-refractivity contribution in [1.82, 2.24) is 5.32 Å². The lowest BCUT2D eigenvalue weighted by Crippen LogP contribution is -2.24. The molecule has 1 aliphatic rings. The summed E-state index contributed by atoms with van der Waals surface area (Å²) in [6, 6.07) is 0. The van der Waals surface area contributed by atoms with Crippen LogP contribution in [-0.2, 0) is 4.79 Å². The first-order valence-electron chi connectivity index (χ1n) is 6.97. The topological polar surface area (TPSA) is 55.1 Å². The maximum atomic E-state index is 11.5. The molecule has 0 aromatic carbocycles. The first kappa shape index (κ1) is 14.2. The van der Waals surface area contributed by atoms with Crippen LogP contribution in [0.5, 0.6) is 0 Å². The van der Waals surface area contributed by atoms with E-state index < -0.39 is 0 Å². The van der Waals surface area contributed by atoms with Gasteiger partial charge in [-0.1, -0.05) is 24.5 Å². The van der Waals surface area contributed by atoms with Gasteiger partial charge in [0.25, 0.3) is 0 Å². The van der Waals surface area contributed by atoms with Crippen molar-refractivity contribution in [1.29, 1.82) is 0 Å². The van der Waals surface area contributed by atoms with Crippen LogP contribution < -0.4 is 11.1 Å². The van der Waals surface area contributed by atoms with Crippen molar-refractivity contribution in [3.8, 4) is 0 Å². The Morgan fingerprint density at radius 3 is 2.82 bits per heavy atom. The maximum Gasteiger partial charge on any atom is 0.220 e. The molecule has 3 heteroatoms. The Hall–Kier alpha value is -0.830. The Morgan fingerprint density at radius 2 is 2.12 bits per heavy atom. The smallest absolute Gasteiger partial charge is 0.220 e. The van der Waals surface area contributed by atoms with Crippen LogP contribution in [0.1, 0.15) is 57.8 Å². The quantitative estimate of drug-likeness (QED) is 0.479. The lowest BCUT2D eigenvalue weighted by molar-refractivity contribution is -0.121. The summed E-state index contributed by atoms with van der Waals surface area (Å²) in [5.41, 5.74) is 6.93. The standard InChI is InChI=1S/C14H26N2O/c15-11-6-2-1-3-9-14(17)16-12-10-13-7-4-5-8-13/h7H,1-6,8-12,15H2,(H,16,17). The van der Waals surface area contributed by atoms with Crippen molar-refractivity contribution >= 4 is 5.91 Å². The lowest BCUT2D eigenvalue weighted by Gasteiger charge is -2.05. The van der Waals surface area contributed by atoms with Gasteiger partial charge >= 0.3 is 0 Å². The van der Waals surface area contributed by atoms with Gasteiger partial charge in [0.1, 0.15) is 0 Å². The molecule has 0 aliphatic heterocycles. The summed E-state index contributed by atoms with van der Waals surface area (Å²) < 4.78 is 0. The molecule has 0 saturated heterocycles.